The van der Waals surface area contributed by atoms with E-state index in [0.29, 0.717) is 0 Å². The SMILES string of the molecule is CC1(C)Cc2cc(Br)ccc2C(c2ccc3nccnc3c2)=N1. The second kappa shape index (κ2) is 5.24. The van der Waals surface area contributed by atoms with Crippen LogP contribution in [0, 0.1) is 0 Å². The zero-order valence-electron chi connectivity index (χ0n) is 13.0. The molecule has 0 bridgehead atoms. The fraction of sp³-hybridized carbons (Fsp3) is 0.211. The minimum absolute atomic E-state index is 0.111. The summed E-state index contributed by atoms with van der Waals surface area (Å²) in [6.07, 6.45) is 4.39. The average molecular weight is 366 g/mol. The second-order valence-corrected chi connectivity index (χ2v) is 7.43. The molecule has 114 valence electrons. The van der Waals surface area contributed by atoms with E-state index in [9.17, 15) is 0 Å². The van der Waals surface area contributed by atoms with Crippen molar-refractivity contribution in [1.82, 2.24) is 9.97 Å². The monoisotopic (exact) mass is 365 g/mol. The van der Waals surface area contributed by atoms with Gasteiger partial charge in [-0.15, -0.1) is 0 Å². The molecular weight excluding hydrogens is 350 g/mol. The quantitative estimate of drug-likeness (QED) is 0.633. The highest BCUT2D eigenvalue weighted by Gasteiger charge is 2.27. The number of hydrogen-bond donors (Lipinski definition) is 0. The molecular formula is C19H16BrN3. The van der Waals surface area contributed by atoms with Crippen LogP contribution in [0.2, 0.25) is 0 Å². The zero-order chi connectivity index (χ0) is 16.0. The Bertz CT molecular complexity index is 944. The van der Waals surface area contributed by atoms with Crippen LogP contribution < -0.4 is 0 Å². The third kappa shape index (κ3) is 2.68. The number of halogens is 1. The van der Waals surface area contributed by atoms with Gasteiger partial charge in [-0.05, 0) is 50.1 Å². The Balaban J connectivity index is 1.93. The van der Waals surface area contributed by atoms with Crippen molar-refractivity contribution in [2.75, 3.05) is 0 Å². The third-order valence-corrected chi connectivity index (χ3v) is 4.60. The minimum atomic E-state index is -0.111. The normalized spacial score (nSPS) is 16.0. The minimum Gasteiger partial charge on any atom is -0.278 e. The summed E-state index contributed by atoms with van der Waals surface area (Å²) in [7, 11) is 0. The number of aliphatic imine (C=N–C) groups is 1. The number of nitrogens with zero attached hydrogens (tertiary/aromatic N) is 3. The van der Waals surface area contributed by atoms with Gasteiger partial charge in [0, 0.05) is 28.0 Å². The van der Waals surface area contributed by atoms with Crippen LogP contribution in [0.4, 0.5) is 0 Å². The van der Waals surface area contributed by atoms with Gasteiger partial charge in [-0.3, -0.25) is 15.0 Å². The molecule has 0 saturated heterocycles. The largest absolute Gasteiger partial charge is 0.278 e. The smallest absolute Gasteiger partial charge is 0.0893 e. The maximum Gasteiger partial charge on any atom is 0.0893 e. The number of aromatic nitrogens is 2. The molecule has 1 aliphatic heterocycles. The van der Waals surface area contributed by atoms with E-state index in [1.807, 2.05) is 6.07 Å². The van der Waals surface area contributed by atoms with Crippen LogP contribution >= 0.6 is 15.9 Å². The predicted molar refractivity (Wildman–Crippen MR) is 97.1 cm³/mol. The lowest BCUT2D eigenvalue weighted by Gasteiger charge is -2.29. The van der Waals surface area contributed by atoms with Crippen molar-refractivity contribution in [2.45, 2.75) is 25.8 Å². The lowest BCUT2D eigenvalue weighted by molar-refractivity contribution is 0.513. The molecule has 0 amide bonds. The van der Waals surface area contributed by atoms with E-state index in [1.54, 1.807) is 12.4 Å². The van der Waals surface area contributed by atoms with Crippen molar-refractivity contribution in [2.24, 2.45) is 4.99 Å². The van der Waals surface area contributed by atoms with Gasteiger partial charge < -0.3 is 0 Å². The molecule has 2 aromatic carbocycles. The van der Waals surface area contributed by atoms with Crippen LogP contribution in [-0.4, -0.2) is 21.2 Å². The number of hydrogen-bond acceptors (Lipinski definition) is 3. The zero-order valence-corrected chi connectivity index (χ0v) is 14.6. The van der Waals surface area contributed by atoms with Crippen molar-refractivity contribution >= 4 is 32.7 Å². The van der Waals surface area contributed by atoms with Gasteiger partial charge in [0.1, 0.15) is 0 Å². The maximum absolute atomic E-state index is 5.02. The molecule has 0 aliphatic carbocycles. The summed E-state index contributed by atoms with van der Waals surface area (Å²) in [5.74, 6) is 0. The van der Waals surface area contributed by atoms with Gasteiger partial charge in [0.05, 0.1) is 22.3 Å². The van der Waals surface area contributed by atoms with Gasteiger partial charge >= 0.3 is 0 Å². The van der Waals surface area contributed by atoms with Gasteiger partial charge in [0.15, 0.2) is 0 Å². The maximum atomic E-state index is 5.02. The third-order valence-electron chi connectivity index (χ3n) is 4.10. The molecule has 2 heterocycles. The topological polar surface area (TPSA) is 38.1 Å². The first-order valence-corrected chi connectivity index (χ1v) is 8.41. The first kappa shape index (κ1) is 14.5. The van der Waals surface area contributed by atoms with Crippen LogP contribution in [0.25, 0.3) is 11.0 Å². The van der Waals surface area contributed by atoms with E-state index in [1.165, 1.54) is 11.1 Å². The average Bonchev–Trinajstić information content (AvgIpc) is 2.52. The summed E-state index contributed by atoms with van der Waals surface area (Å²) in [6, 6.07) is 12.6. The van der Waals surface area contributed by atoms with E-state index in [0.717, 1.165) is 33.2 Å². The molecule has 4 heteroatoms. The highest BCUT2D eigenvalue weighted by molar-refractivity contribution is 9.10. The van der Waals surface area contributed by atoms with Crippen molar-refractivity contribution < 1.29 is 0 Å². The summed E-state index contributed by atoms with van der Waals surface area (Å²) in [6.45, 7) is 4.36. The lowest BCUT2D eigenvalue weighted by Crippen LogP contribution is -2.29. The Morgan fingerprint density at radius 2 is 1.74 bits per heavy atom. The van der Waals surface area contributed by atoms with E-state index < -0.39 is 0 Å². The molecule has 1 aliphatic rings. The number of fused-ring (bicyclic) bond motifs is 2. The van der Waals surface area contributed by atoms with Crippen LogP contribution in [0.3, 0.4) is 0 Å². The van der Waals surface area contributed by atoms with E-state index in [4.69, 9.17) is 4.99 Å². The molecule has 0 N–H and O–H groups in total. The highest BCUT2D eigenvalue weighted by atomic mass is 79.9. The summed E-state index contributed by atoms with van der Waals surface area (Å²) in [5, 5.41) is 0. The number of benzene rings is 2. The van der Waals surface area contributed by atoms with Crippen molar-refractivity contribution in [3.8, 4) is 0 Å². The molecule has 3 aromatic rings. The molecule has 23 heavy (non-hydrogen) atoms. The van der Waals surface area contributed by atoms with Crippen molar-refractivity contribution in [3.05, 3.63) is 70.0 Å². The fourth-order valence-electron chi connectivity index (χ4n) is 3.14. The van der Waals surface area contributed by atoms with Crippen molar-refractivity contribution in [1.29, 1.82) is 0 Å². The van der Waals surface area contributed by atoms with Crippen molar-refractivity contribution in [3.63, 3.8) is 0 Å². The summed E-state index contributed by atoms with van der Waals surface area (Å²) >= 11 is 3.58. The predicted octanol–water partition coefficient (Wildman–Crippen LogP) is 4.56. The molecule has 3 nitrogen and oxygen atoms in total. The van der Waals surface area contributed by atoms with E-state index >= 15 is 0 Å². The fourth-order valence-corrected chi connectivity index (χ4v) is 3.55. The first-order valence-electron chi connectivity index (χ1n) is 7.62. The van der Waals surface area contributed by atoms with E-state index in [-0.39, 0.29) is 5.54 Å². The molecule has 0 radical (unpaired) electrons. The highest BCUT2D eigenvalue weighted by Crippen LogP contribution is 2.31. The van der Waals surface area contributed by atoms with Gasteiger partial charge in [0.25, 0.3) is 0 Å². The van der Waals surface area contributed by atoms with Gasteiger partial charge in [-0.1, -0.05) is 28.1 Å². The van der Waals surface area contributed by atoms with Crippen LogP contribution in [-0.2, 0) is 6.42 Å². The standard InChI is InChI=1S/C19H16BrN3/c1-19(2)11-13-9-14(20)4-5-15(13)18(23-19)12-3-6-16-17(10-12)22-8-7-21-16/h3-10H,11H2,1-2H3. The van der Waals surface area contributed by atoms with Gasteiger partial charge in [-0.2, -0.15) is 0 Å². The molecule has 0 unspecified atom stereocenters. The van der Waals surface area contributed by atoms with Crippen LogP contribution in [0.1, 0.15) is 30.5 Å². The summed E-state index contributed by atoms with van der Waals surface area (Å²) in [4.78, 5) is 13.8. The second-order valence-electron chi connectivity index (χ2n) is 6.51. The van der Waals surface area contributed by atoms with Crippen LogP contribution in [0.15, 0.2) is 58.3 Å². The van der Waals surface area contributed by atoms with E-state index in [2.05, 4.69) is 70.1 Å². The van der Waals surface area contributed by atoms with Gasteiger partial charge in [0.2, 0.25) is 0 Å². The summed E-state index contributed by atoms with van der Waals surface area (Å²) in [5.41, 5.74) is 6.35. The Morgan fingerprint density at radius 3 is 2.57 bits per heavy atom. The molecule has 0 spiro atoms. The molecule has 0 fully saturated rings. The Hall–Kier alpha value is -2.07. The lowest BCUT2D eigenvalue weighted by atomic mass is 9.85. The molecule has 0 saturated carbocycles. The molecule has 4 rings (SSSR count). The summed E-state index contributed by atoms with van der Waals surface area (Å²) < 4.78 is 1.11. The molecule has 1 aromatic heterocycles. The Kier molecular flexibility index (Phi) is 3.31. The first-order chi connectivity index (χ1) is 11.0. The van der Waals surface area contributed by atoms with Gasteiger partial charge in [-0.25, -0.2) is 0 Å². The Labute approximate surface area is 143 Å². The molecule has 0 atom stereocenters. The van der Waals surface area contributed by atoms with Crippen LogP contribution in [0.5, 0.6) is 0 Å². The number of rotatable bonds is 1. The Morgan fingerprint density at radius 1 is 0.957 bits per heavy atom.